The normalized spacial score (nSPS) is 11.0. The van der Waals surface area contributed by atoms with Crippen molar-refractivity contribution in [2.45, 2.75) is 27.3 Å². The third-order valence-corrected chi connectivity index (χ3v) is 4.03. The number of hydrogen-bond donors (Lipinski definition) is 1. The van der Waals surface area contributed by atoms with Crippen LogP contribution in [-0.4, -0.2) is 18.4 Å². The fourth-order valence-corrected chi connectivity index (χ4v) is 2.49. The van der Waals surface area contributed by atoms with Crippen LogP contribution in [0.15, 0.2) is 60.7 Å². The van der Waals surface area contributed by atoms with Crippen molar-refractivity contribution in [3.8, 4) is 0 Å². The van der Waals surface area contributed by atoms with Gasteiger partial charge in [0.15, 0.2) is 0 Å². The first kappa shape index (κ1) is 17.7. The summed E-state index contributed by atoms with van der Waals surface area (Å²) in [5.41, 5.74) is 0.666. The highest BCUT2D eigenvalue weighted by molar-refractivity contribution is 6.10. The molecule has 2 aromatic carbocycles. The quantitative estimate of drug-likeness (QED) is 0.828. The number of nitrogens with one attached hydrogen (secondary N) is 1. The van der Waals surface area contributed by atoms with E-state index in [0.29, 0.717) is 13.1 Å². The minimum atomic E-state index is -1.14. The number of carbonyl (C=O) groups is 2. The van der Waals surface area contributed by atoms with Crippen molar-refractivity contribution in [1.82, 2.24) is 5.32 Å². The summed E-state index contributed by atoms with van der Waals surface area (Å²) in [6.45, 7) is 6.16. The van der Waals surface area contributed by atoms with E-state index in [1.807, 2.05) is 67.6 Å². The molecule has 4 nitrogen and oxygen atoms in total. The molecular formula is C20H24N2O2. The molecule has 126 valence electrons. The average Bonchev–Trinajstić information content (AvgIpc) is 2.62. The minimum Gasteiger partial charge on any atom is -0.351 e. The Morgan fingerprint density at radius 1 is 0.958 bits per heavy atom. The zero-order chi connectivity index (χ0) is 17.6. The van der Waals surface area contributed by atoms with Crippen molar-refractivity contribution in [1.29, 1.82) is 0 Å². The van der Waals surface area contributed by atoms with Gasteiger partial charge in [0.25, 0.3) is 0 Å². The first-order valence-electron chi connectivity index (χ1n) is 8.16. The van der Waals surface area contributed by atoms with Gasteiger partial charge in [-0.1, -0.05) is 48.5 Å². The zero-order valence-electron chi connectivity index (χ0n) is 14.5. The molecule has 0 unspecified atom stereocenters. The van der Waals surface area contributed by atoms with E-state index in [9.17, 15) is 9.59 Å². The second-order valence-electron chi connectivity index (χ2n) is 6.18. The highest BCUT2D eigenvalue weighted by atomic mass is 16.2. The molecule has 0 radical (unpaired) electrons. The Hall–Kier alpha value is -2.62. The molecule has 0 spiro atoms. The van der Waals surface area contributed by atoms with Crippen LogP contribution in [0.5, 0.6) is 0 Å². The van der Waals surface area contributed by atoms with Gasteiger partial charge in [0, 0.05) is 18.8 Å². The van der Waals surface area contributed by atoms with E-state index in [0.717, 1.165) is 11.3 Å². The second kappa shape index (κ2) is 7.77. The fourth-order valence-electron chi connectivity index (χ4n) is 2.49. The predicted octanol–water partition coefficient (Wildman–Crippen LogP) is 3.38. The van der Waals surface area contributed by atoms with Crippen LogP contribution < -0.4 is 10.2 Å². The molecule has 0 aliphatic rings. The molecule has 0 bridgehead atoms. The summed E-state index contributed by atoms with van der Waals surface area (Å²) in [6.07, 6.45) is 0. The number of amides is 2. The van der Waals surface area contributed by atoms with Crippen molar-refractivity contribution in [3.05, 3.63) is 66.2 Å². The summed E-state index contributed by atoms with van der Waals surface area (Å²) in [7, 11) is 0. The van der Waals surface area contributed by atoms with Crippen molar-refractivity contribution >= 4 is 17.5 Å². The smallest absolute Gasteiger partial charge is 0.242 e. The molecule has 4 heteroatoms. The van der Waals surface area contributed by atoms with Gasteiger partial charge in [-0.25, -0.2) is 0 Å². The molecule has 0 saturated carbocycles. The van der Waals surface area contributed by atoms with Crippen LogP contribution in [0, 0.1) is 5.41 Å². The summed E-state index contributed by atoms with van der Waals surface area (Å²) in [6, 6.07) is 19.1. The molecule has 0 atom stereocenters. The molecule has 0 aromatic heterocycles. The van der Waals surface area contributed by atoms with Gasteiger partial charge in [-0.05, 0) is 38.5 Å². The Morgan fingerprint density at radius 3 is 2.04 bits per heavy atom. The summed E-state index contributed by atoms with van der Waals surface area (Å²) in [4.78, 5) is 27.1. The molecule has 2 aromatic rings. The summed E-state index contributed by atoms with van der Waals surface area (Å²) < 4.78 is 0. The van der Waals surface area contributed by atoms with Crippen molar-refractivity contribution in [3.63, 3.8) is 0 Å². The average molecular weight is 324 g/mol. The minimum absolute atomic E-state index is 0.207. The van der Waals surface area contributed by atoms with E-state index in [-0.39, 0.29) is 11.8 Å². The van der Waals surface area contributed by atoms with Gasteiger partial charge in [-0.2, -0.15) is 0 Å². The summed E-state index contributed by atoms with van der Waals surface area (Å²) in [5, 5.41) is 2.86. The lowest BCUT2D eigenvalue weighted by Gasteiger charge is -2.30. The molecule has 2 amide bonds. The van der Waals surface area contributed by atoms with Gasteiger partial charge in [-0.3, -0.25) is 9.59 Å². The van der Waals surface area contributed by atoms with Crippen LogP contribution in [0.2, 0.25) is 0 Å². The monoisotopic (exact) mass is 324 g/mol. The van der Waals surface area contributed by atoms with Crippen LogP contribution in [0.1, 0.15) is 26.3 Å². The number of carbonyl (C=O) groups excluding carboxylic acids is 2. The maximum Gasteiger partial charge on any atom is 0.242 e. The zero-order valence-corrected chi connectivity index (χ0v) is 14.5. The Bertz CT molecular complexity index is 681. The molecule has 0 saturated heterocycles. The fraction of sp³-hybridized carbons (Fsp3) is 0.300. The molecule has 1 N–H and O–H groups in total. The van der Waals surface area contributed by atoms with Crippen molar-refractivity contribution < 1.29 is 9.59 Å². The van der Waals surface area contributed by atoms with Gasteiger partial charge in [0.2, 0.25) is 11.8 Å². The molecule has 0 aliphatic carbocycles. The van der Waals surface area contributed by atoms with Gasteiger partial charge in [-0.15, -0.1) is 0 Å². The van der Waals surface area contributed by atoms with E-state index in [1.54, 1.807) is 18.7 Å². The number of rotatable bonds is 6. The maximum atomic E-state index is 12.9. The highest BCUT2D eigenvalue weighted by Crippen LogP contribution is 2.24. The molecule has 0 fully saturated rings. The molecule has 0 heterocycles. The number of hydrogen-bond acceptors (Lipinski definition) is 2. The lowest BCUT2D eigenvalue weighted by Crippen LogP contribution is -2.49. The lowest BCUT2D eigenvalue weighted by molar-refractivity contribution is -0.139. The number of para-hydroxylation sites is 1. The van der Waals surface area contributed by atoms with E-state index >= 15 is 0 Å². The van der Waals surface area contributed by atoms with E-state index in [1.165, 1.54) is 0 Å². The van der Waals surface area contributed by atoms with Gasteiger partial charge >= 0.3 is 0 Å². The first-order valence-corrected chi connectivity index (χ1v) is 8.16. The van der Waals surface area contributed by atoms with Crippen LogP contribution in [0.25, 0.3) is 0 Å². The van der Waals surface area contributed by atoms with Crippen molar-refractivity contribution in [2.75, 3.05) is 11.4 Å². The van der Waals surface area contributed by atoms with Gasteiger partial charge < -0.3 is 10.2 Å². The van der Waals surface area contributed by atoms with Crippen LogP contribution in [0.3, 0.4) is 0 Å². The highest BCUT2D eigenvalue weighted by Gasteiger charge is 2.39. The lowest BCUT2D eigenvalue weighted by atomic mass is 9.89. The van der Waals surface area contributed by atoms with Crippen LogP contribution >= 0.6 is 0 Å². The SMILES string of the molecule is CCN(C(=O)C(C)(C)C(=O)NCc1ccccc1)c1ccccc1. The van der Waals surface area contributed by atoms with E-state index < -0.39 is 5.41 Å². The Kier molecular flexibility index (Phi) is 5.74. The Labute approximate surface area is 143 Å². The third-order valence-electron chi connectivity index (χ3n) is 4.03. The number of nitrogens with zero attached hydrogens (tertiary/aromatic N) is 1. The van der Waals surface area contributed by atoms with Crippen LogP contribution in [-0.2, 0) is 16.1 Å². The van der Waals surface area contributed by atoms with Gasteiger partial charge in [0.05, 0.1) is 0 Å². The Balaban J connectivity index is 2.09. The van der Waals surface area contributed by atoms with Crippen molar-refractivity contribution in [2.24, 2.45) is 5.41 Å². The third kappa shape index (κ3) is 4.02. The molecule has 24 heavy (non-hydrogen) atoms. The topological polar surface area (TPSA) is 49.4 Å². The first-order chi connectivity index (χ1) is 11.5. The standard InChI is InChI=1S/C20H24N2O2/c1-4-22(17-13-9-6-10-14-17)19(24)20(2,3)18(23)21-15-16-11-7-5-8-12-16/h5-14H,4,15H2,1-3H3,(H,21,23). The van der Waals surface area contributed by atoms with Gasteiger partial charge in [0.1, 0.15) is 5.41 Å². The summed E-state index contributed by atoms with van der Waals surface area (Å²) in [5.74, 6) is -0.479. The molecule has 2 rings (SSSR count). The molecule has 0 aliphatic heterocycles. The number of benzene rings is 2. The second-order valence-corrected chi connectivity index (χ2v) is 6.18. The van der Waals surface area contributed by atoms with E-state index in [2.05, 4.69) is 5.32 Å². The maximum absolute atomic E-state index is 12.9. The summed E-state index contributed by atoms with van der Waals surface area (Å²) >= 11 is 0. The predicted molar refractivity (Wildman–Crippen MR) is 96.5 cm³/mol. The largest absolute Gasteiger partial charge is 0.351 e. The molecular weight excluding hydrogens is 300 g/mol. The van der Waals surface area contributed by atoms with E-state index in [4.69, 9.17) is 0 Å². The number of anilines is 1. The Morgan fingerprint density at radius 2 is 1.50 bits per heavy atom. The van der Waals surface area contributed by atoms with Crippen LogP contribution in [0.4, 0.5) is 5.69 Å².